The Morgan fingerprint density at radius 1 is 0.700 bits per heavy atom. The van der Waals surface area contributed by atoms with Gasteiger partial charge in [-0.2, -0.15) is 0 Å². The van der Waals surface area contributed by atoms with Gasteiger partial charge in [-0.3, -0.25) is 4.90 Å². The Balaban J connectivity index is 0.000000467. The SMILES string of the molecule is CCCCCCCCCCCCCCCCC1CNCCO1.CCN1CCOCC1. The van der Waals surface area contributed by atoms with E-state index in [1.807, 2.05) is 0 Å². The van der Waals surface area contributed by atoms with Gasteiger partial charge in [-0.1, -0.05) is 104 Å². The van der Waals surface area contributed by atoms with E-state index >= 15 is 0 Å². The normalized spacial score (nSPS) is 20.0. The number of nitrogens with zero attached hydrogens (tertiary/aromatic N) is 1. The minimum atomic E-state index is 0.492. The third-order valence-electron chi connectivity index (χ3n) is 6.43. The summed E-state index contributed by atoms with van der Waals surface area (Å²) in [5, 5.41) is 3.41. The summed E-state index contributed by atoms with van der Waals surface area (Å²) in [4.78, 5) is 2.39. The average Bonchev–Trinajstić information content (AvgIpc) is 2.81. The van der Waals surface area contributed by atoms with Gasteiger partial charge >= 0.3 is 0 Å². The number of rotatable bonds is 16. The van der Waals surface area contributed by atoms with Gasteiger partial charge in [0.25, 0.3) is 0 Å². The van der Waals surface area contributed by atoms with Gasteiger partial charge in [-0.05, 0) is 13.0 Å². The van der Waals surface area contributed by atoms with Gasteiger partial charge in [0, 0.05) is 26.2 Å². The van der Waals surface area contributed by atoms with Crippen LogP contribution in [0.15, 0.2) is 0 Å². The van der Waals surface area contributed by atoms with Crippen molar-refractivity contribution in [3.05, 3.63) is 0 Å². The molecule has 30 heavy (non-hydrogen) atoms. The lowest BCUT2D eigenvalue weighted by Crippen LogP contribution is -2.38. The Hall–Kier alpha value is -0.160. The van der Waals surface area contributed by atoms with Crippen LogP contribution in [-0.2, 0) is 9.47 Å². The van der Waals surface area contributed by atoms with Crippen LogP contribution in [0.25, 0.3) is 0 Å². The molecule has 4 nitrogen and oxygen atoms in total. The maximum Gasteiger partial charge on any atom is 0.0700 e. The highest BCUT2D eigenvalue weighted by atomic mass is 16.5. The number of ether oxygens (including phenoxy) is 2. The molecule has 2 rings (SSSR count). The molecular formula is C26H54N2O2. The molecule has 0 spiro atoms. The third-order valence-corrected chi connectivity index (χ3v) is 6.43. The number of likely N-dealkylation sites (N-methyl/N-ethyl adjacent to an activating group) is 1. The predicted octanol–water partition coefficient (Wildman–Crippen LogP) is 6.18. The van der Waals surface area contributed by atoms with Gasteiger partial charge in [0.15, 0.2) is 0 Å². The maximum absolute atomic E-state index is 5.73. The molecule has 1 N–H and O–H groups in total. The van der Waals surface area contributed by atoms with Crippen LogP contribution in [0.5, 0.6) is 0 Å². The Labute approximate surface area is 188 Å². The Kier molecular flexibility index (Phi) is 20.5. The van der Waals surface area contributed by atoms with Crippen molar-refractivity contribution in [1.82, 2.24) is 10.2 Å². The quantitative estimate of drug-likeness (QED) is 0.299. The summed E-state index contributed by atoms with van der Waals surface area (Å²) in [6.45, 7) is 12.8. The van der Waals surface area contributed by atoms with Crippen molar-refractivity contribution in [1.29, 1.82) is 0 Å². The van der Waals surface area contributed by atoms with Crippen molar-refractivity contribution < 1.29 is 9.47 Å². The third kappa shape index (κ3) is 17.5. The van der Waals surface area contributed by atoms with Gasteiger partial charge in [0.2, 0.25) is 0 Å². The molecule has 180 valence electrons. The molecule has 2 aliphatic rings. The standard InChI is InChI=1S/C20H41NO.C6H13NO/c1-2-3-4-5-6-7-8-9-10-11-12-13-14-15-16-20-19-21-17-18-22-20;1-2-7-3-5-8-6-4-7/h20-21H,2-19H2,1H3;2-6H2,1H3. The molecule has 0 aliphatic carbocycles. The molecule has 2 saturated heterocycles. The Morgan fingerprint density at radius 2 is 1.23 bits per heavy atom. The fourth-order valence-corrected chi connectivity index (χ4v) is 4.29. The molecule has 0 bridgehead atoms. The second kappa shape index (κ2) is 22.0. The van der Waals surface area contributed by atoms with Crippen LogP contribution in [0.3, 0.4) is 0 Å². The summed E-state index contributed by atoms with van der Waals surface area (Å²) in [7, 11) is 0. The van der Waals surface area contributed by atoms with Crippen molar-refractivity contribution >= 4 is 0 Å². The zero-order valence-electron chi connectivity index (χ0n) is 20.6. The number of unbranched alkanes of at least 4 members (excludes halogenated alkanes) is 13. The number of morpholine rings is 2. The smallest absolute Gasteiger partial charge is 0.0700 e. The lowest BCUT2D eigenvalue weighted by molar-refractivity contribution is 0.0220. The molecule has 0 saturated carbocycles. The fraction of sp³-hybridized carbons (Fsp3) is 1.00. The minimum Gasteiger partial charge on any atom is -0.379 e. The summed E-state index contributed by atoms with van der Waals surface area (Å²) in [6, 6.07) is 0. The van der Waals surface area contributed by atoms with Gasteiger partial charge in [-0.25, -0.2) is 0 Å². The van der Waals surface area contributed by atoms with Crippen LogP contribution in [0.2, 0.25) is 0 Å². The van der Waals surface area contributed by atoms with E-state index in [2.05, 4.69) is 24.1 Å². The lowest BCUT2D eigenvalue weighted by atomic mass is 10.0. The topological polar surface area (TPSA) is 33.7 Å². The van der Waals surface area contributed by atoms with Gasteiger partial charge < -0.3 is 14.8 Å². The second-order valence-corrected chi connectivity index (χ2v) is 9.13. The summed E-state index contributed by atoms with van der Waals surface area (Å²) in [6.07, 6.45) is 21.9. The van der Waals surface area contributed by atoms with Crippen LogP contribution >= 0.6 is 0 Å². The average molecular weight is 427 g/mol. The highest BCUT2D eigenvalue weighted by molar-refractivity contribution is 4.66. The summed E-state index contributed by atoms with van der Waals surface area (Å²) < 4.78 is 10.9. The van der Waals surface area contributed by atoms with Crippen LogP contribution in [-0.4, -0.2) is 63.5 Å². The van der Waals surface area contributed by atoms with Gasteiger partial charge in [0.1, 0.15) is 0 Å². The number of nitrogens with one attached hydrogen (secondary N) is 1. The van der Waals surface area contributed by atoms with E-state index in [4.69, 9.17) is 9.47 Å². The monoisotopic (exact) mass is 426 g/mol. The first-order valence-corrected chi connectivity index (χ1v) is 13.5. The predicted molar refractivity (Wildman–Crippen MR) is 130 cm³/mol. The second-order valence-electron chi connectivity index (χ2n) is 9.13. The highest BCUT2D eigenvalue weighted by Crippen LogP contribution is 2.14. The maximum atomic E-state index is 5.73. The number of hydrogen-bond donors (Lipinski definition) is 1. The van der Waals surface area contributed by atoms with Crippen molar-refractivity contribution in [2.75, 3.05) is 52.5 Å². The van der Waals surface area contributed by atoms with Crippen LogP contribution in [0, 0.1) is 0 Å². The van der Waals surface area contributed by atoms with Crippen molar-refractivity contribution in [3.8, 4) is 0 Å². The van der Waals surface area contributed by atoms with E-state index in [1.54, 1.807) is 0 Å². The van der Waals surface area contributed by atoms with E-state index in [0.717, 1.165) is 46.0 Å². The van der Waals surface area contributed by atoms with Gasteiger partial charge in [-0.15, -0.1) is 0 Å². The highest BCUT2D eigenvalue weighted by Gasteiger charge is 2.12. The zero-order chi connectivity index (χ0) is 21.5. The molecule has 4 heteroatoms. The zero-order valence-corrected chi connectivity index (χ0v) is 20.6. The molecule has 0 radical (unpaired) electrons. The van der Waals surface area contributed by atoms with E-state index in [0.29, 0.717) is 6.10 Å². The molecule has 0 amide bonds. The molecular weight excluding hydrogens is 372 g/mol. The molecule has 1 unspecified atom stereocenters. The summed E-state index contributed by atoms with van der Waals surface area (Å²) >= 11 is 0. The summed E-state index contributed by atoms with van der Waals surface area (Å²) in [5.41, 5.74) is 0. The molecule has 0 aromatic rings. The molecule has 2 aliphatic heterocycles. The Bertz CT molecular complexity index is 329. The van der Waals surface area contributed by atoms with Crippen molar-refractivity contribution in [2.24, 2.45) is 0 Å². The lowest BCUT2D eigenvalue weighted by Gasteiger charge is -2.24. The molecule has 0 aromatic heterocycles. The van der Waals surface area contributed by atoms with E-state index in [1.165, 1.54) is 103 Å². The fourth-order valence-electron chi connectivity index (χ4n) is 4.29. The van der Waals surface area contributed by atoms with E-state index in [-0.39, 0.29) is 0 Å². The summed E-state index contributed by atoms with van der Waals surface area (Å²) in [5.74, 6) is 0. The van der Waals surface area contributed by atoms with Crippen molar-refractivity contribution in [3.63, 3.8) is 0 Å². The first-order chi connectivity index (χ1) is 14.9. The van der Waals surface area contributed by atoms with Gasteiger partial charge in [0.05, 0.1) is 25.9 Å². The number of hydrogen-bond acceptors (Lipinski definition) is 4. The largest absolute Gasteiger partial charge is 0.379 e. The van der Waals surface area contributed by atoms with E-state index < -0.39 is 0 Å². The van der Waals surface area contributed by atoms with Crippen LogP contribution in [0.1, 0.15) is 110 Å². The minimum absolute atomic E-state index is 0.492. The van der Waals surface area contributed by atoms with Crippen LogP contribution < -0.4 is 5.32 Å². The first kappa shape index (κ1) is 27.9. The van der Waals surface area contributed by atoms with E-state index in [9.17, 15) is 0 Å². The molecule has 2 heterocycles. The Morgan fingerprint density at radius 3 is 1.67 bits per heavy atom. The molecule has 1 atom stereocenters. The first-order valence-electron chi connectivity index (χ1n) is 13.5. The van der Waals surface area contributed by atoms with Crippen molar-refractivity contribution in [2.45, 2.75) is 116 Å². The molecule has 2 fully saturated rings. The van der Waals surface area contributed by atoms with Crippen LogP contribution in [0.4, 0.5) is 0 Å². The molecule has 0 aromatic carbocycles.